The average molecular weight is 475 g/mol. The van der Waals surface area contributed by atoms with Crippen LogP contribution in [0.1, 0.15) is 92.9 Å². The molecule has 1 fully saturated rings. The molecule has 1 aliphatic carbocycles. The van der Waals surface area contributed by atoms with Gasteiger partial charge in [0.15, 0.2) is 11.6 Å². The number of fused-ring (bicyclic) bond motifs is 1. The van der Waals surface area contributed by atoms with Crippen LogP contribution in [-0.2, 0) is 19.3 Å². The standard InChI is InChI=1S/C33H40F2/c1-3-5-7-9-30-23-29-21-16-26(22-31(29)33(35)32(30)34)11-10-25-14-19-28(20-15-25)27-17-12-24(13-18-27)8-6-4-2/h4,14-16,19-24,27H,2-3,5-13,17-18H2,1H3. The van der Waals surface area contributed by atoms with Gasteiger partial charge in [0, 0.05) is 5.39 Å². The normalized spacial score (nSPS) is 18.1. The summed E-state index contributed by atoms with van der Waals surface area (Å²) < 4.78 is 29.5. The summed E-state index contributed by atoms with van der Waals surface area (Å²) in [7, 11) is 0. The van der Waals surface area contributed by atoms with Crippen LogP contribution in [0.15, 0.2) is 61.2 Å². The van der Waals surface area contributed by atoms with Crippen molar-refractivity contribution in [1.29, 1.82) is 0 Å². The summed E-state index contributed by atoms with van der Waals surface area (Å²) in [6.45, 7) is 5.97. The van der Waals surface area contributed by atoms with Crippen LogP contribution < -0.4 is 0 Å². The summed E-state index contributed by atoms with van der Waals surface area (Å²) in [6.07, 6.45) is 15.1. The SMILES string of the molecule is C=CCCC1CCC(c2ccc(CCc3ccc4cc(CCCCC)c(F)c(F)c4c3)cc2)CC1. The highest BCUT2D eigenvalue weighted by Gasteiger charge is 2.21. The Bertz CT molecular complexity index is 1100. The van der Waals surface area contributed by atoms with Crippen LogP contribution in [0.4, 0.5) is 8.78 Å². The second-order valence-electron chi connectivity index (χ2n) is 10.5. The van der Waals surface area contributed by atoms with E-state index in [1.165, 1.54) is 43.2 Å². The lowest BCUT2D eigenvalue weighted by Gasteiger charge is -2.28. The predicted octanol–water partition coefficient (Wildman–Crippen LogP) is 9.88. The van der Waals surface area contributed by atoms with Gasteiger partial charge in [0.25, 0.3) is 0 Å². The molecule has 0 atom stereocenters. The van der Waals surface area contributed by atoms with E-state index in [0.29, 0.717) is 23.3 Å². The zero-order chi connectivity index (χ0) is 24.6. The number of rotatable bonds is 11. The van der Waals surface area contributed by atoms with Gasteiger partial charge in [-0.25, -0.2) is 8.78 Å². The molecule has 0 aromatic heterocycles. The first-order valence-corrected chi connectivity index (χ1v) is 13.7. The van der Waals surface area contributed by atoms with E-state index in [-0.39, 0.29) is 0 Å². The van der Waals surface area contributed by atoms with Gasteiger partial charge in [-0.1, -0.05) is 62.2 Å². The lowest BCUT2D eigenvalue weighted by atomic mass is 9.77. The molecule has 0 heterocycles. The van der Waals surface area contributed by atoms with Crippen molar-refractivity contribution in [1.82, 2.24) is 0 Å². The van der Waals surface area contributed by atoms with Crippen molar-refractivity contribution in [2.24, 2.45) is 5.92 Å². The summed E-state index contributed by atoms with van der Waals surface area (Å²) >= 11 is 0. The molecule has 0 N–H and O–H groups in total. The van der Waals surface area contributed by atoms with E-state index in [0.717, 1.165) is 55.4 Å². The van der Waals surface area contributed by atoms with Gasteiger partial charge in [0.2, 0.25) is 0 Å². The van der Waals surface area contributed by atoms with Crippen molar-refractivity contribution in [3.05, 3.63) is 95.1 Å². The molecule has 1 saturated carbocycles. The Morgan fingerprint density at radius 3 is 2.26 bits per heavy atom. The molecule has 0 nitrogen and oxygen atoms in total. The average Bonchev–Trinajstić information content (AvgIpc) is 2.90. The second-order valence-corrected chi connectivity index (χ2v) is 10.5. The molecule has 0 spiro atoms. The Hall–Kier alpha value is -2.48. The molecule has 1 aliphatic rings. The number of benzene rings is 3. The minimum atomic E-state index is -0.695. The highest BCUT2D eigenvalue weighted by atomic mass is 19.2. The van der Waals surface area contributed by atoms with Crippen LogP contribution >= 0.6 is 0 Å². The van der Waals surface area contributed by atoms with Crippen LogP contribution in [-0.4, -0.2) is 0 Å². The molecule has 4 rings (SSSR count). The molecule has 0 amide bonds. The summed E-state index contributed by atoms with van der Waals surface area (Å²) in [5.41, 5.74) is 4.32. The quantitative estimate of drug-likeness (QED) is 0.192. The summed E-state index contributed by atoms with van der Waals surface area (Å²) in [6, 6.07) is 16.8. The van der Waals surface area contributed by atoms with Gasteiger partial charge in [-0.15, -0.1) is 6.58 Å². The number of unbranched alkanes of at least 4 members (excludes halogenated alkanes) is 2. The zero-order valence-electron chi connectivity index (χ0n) is 21.3. The van der Waals surface area contributed by atoms with E-state index in [9.17, 15) is 8.78 Å². The van der Waals surface area contributed by atoms with Crippen molar-refractivity contribution in [2.75, 3.05) is 0 Å². The third kappa shape index (κ3) is 6.60. The van der Waals surface area contributed by atoms with Gasteiger partial charge in [-0.3, -0.25) is 0 Å². The molecule has 2 heteroatoms. The van der Waals surface area contributed by atoms with E-state index in [1.54, 1.807) is 0 Å². The summed E-state index contributed by atoms with van der Waals surface area (Å²) in [5.74, 6) is 0.196. The van der Waals surface area contributed by atoms with Gasteiger partial charge in [0.1, 0.15) is 0 Å². The van der Waals surface area contributed by atoms with Crippen molar-refractivity contribution in [3.8, 4) is 0 Å². The molecule has 0 radical (unpaired) electrons. The van der Waals surface area contributed by atoms with Crippen molar-refractivity contribution in [3.63, 3.8) is 0 Å². The van der Waals surface area contributed by atoms with Gasteiger partial charge in [-0.05, 0) is 116 Å². The maximum atomic E-state index is 14.8. The first kappa shape index (κ1) is 25.6. The maximum absolute atomic E-state index is 14.8. The number of allylic oxidation sites excluding steroid dienone is 1. The molecule has 0 aliphatic heterocycles. The smallest absolute Gasteiger partial charge is 0.166 e. The van der Waals surface area contributed by atoms with Crippen molar-refractivity contribution in [2.45, 2.75) is 89.9 Å². The number of halogens is 2. The third-order valence-electron chi connectivity index (χ3n) is 7.99. The maximum Gasteiger partial charge on any atom is 0.166 e. The lowest BCUT2D eigenvalue weighted by molar-refractivity contribution is 0.312. The second kappa shape index (κ2) is 12.5. The number of hydrogen-bond donors (Lipinski definition) is 0. The molecule has 3 aromatic carbocycles. The molecular formula is C33H40F2. The minimum Gasteiger partial charge on any atom is -0.203 e. The molecular weight excluding hydrogens is 434 g/mol. The highest BCUT2D eigenvalue weighted by molar-refractivity contribution is 5.84. The fraction of sp³-hybridized carbons (Fsp3) is 0.455. The van der Waals surface area contributed by atoms with Crippen LogP contribution in [0.2, 0.25) is 0 Å². The number of aryl methyl sites for hydroxylation is 3. The van der Waals surface area contributed by atoms with E-state index in [4.69, 9.17) is 0 Å². The monoisotopic (exact) mass is 474 g/mol. The van der Waals surface area contributed by atoms with Crippen LogP contribution in [0.5, 0.6) is 0 Å². The van der Waals surface area contributed by atoms with E-state index >= 15 is 0 Å². The molecule has 3 aromatic rings. The molecule has 35 heavy (non-hydrogen) atoms. The van der Waals surface area contributed by atoms with Crippen molar-refractivity contribution < 1.29 is 8.78 Å². The predicted molar refractivity (Wildman–Crippen MR) is 145 cm³/mol. The van der Waals surface area contributed by atoms with E-state index < -0.39 is 11.6 Å². The van der Waals surface area contributed by atoms with E-state index in [1.807, 2.05) is 24.3 Å². The fourth-order valence-corrected chi connectivity index (χ4v) is 5.72. The Morgan fingerprint density at radius 2 is 1.54 bits per heavy atom. The fourth-order valence-electron chi connectivity index (χ4n) is 5.72. The first-order valence-electron chi connectivity index (χ1n) is 13.7. The zero-order valence-corrected chi connectivity index (χ0v) is 21.3. The molecule has 0 unspecified atom stereocenters. The lowest BCUT2D eigenvalue weighted by Crippen LogP contribution is -2.13. The van der Waals surface area contributed by atoms with Crippen LogP contribution in [0.25, 0.3) is 10.8 Å². The Labute approximate surface area is 210 Å². The molecule has 0 bridgehead atoms. The Balaban J connectivity index is 1.35. The van der Waals surface area contributed by atoms with E-state index in [2.05, 4.69) is 43.8 Å². The van der Waals surface area contributed by atoms with Gasteiger partial charge in [-0.2, -0.15) is 0 Å². The minimum absolute atomic E-state index is 0.401. The Morgan fingerprint density at radius 1 is 0.829 bits per heavy atom. The third-order valence-corrected chi connectivity index (χ3v) is 7.99. The summed E-state index contributed by atoms with van der Waals surface area (Å²) in [5, 5.41) is 1.20. The van der Waals surface area contributed by atoms with Crippen LogP contribution in [0, 0.1) is 17.6 Å². The molecule has 0 saturated heterocycles. The van der Waals surface area contributed by atoms with Gasteiger partial charge < -0.3 is 0 Å². The van der Waals surface area contributed by atoms with Crippen molar-refractivity contribution >= 4 is 10.8 Å². The molecule has 186 valence electrons. The largest absolute Gasteiger partial charge is 0.203 e. The van der Waals surface area contributed by atoms with Gasteiger partial charge >= 0.3 is 0 Å². The van der Waals surface area contributed by atoms with Crippen LogP contribution in [0.3, 0.4) is 0 Å². The highest BCUT2D eigenvalue weighted by Crippen LogP contribution is 2.37. The topological polar surface area (TPSA) is 0 Å². The van der Waals surface area contributed by atoms with Gasteiger partial charge in [0.05, 0.1) is 0 Å². The Kier molecular flexibility index (Phi) is 9.12. The summed E-state index contributed by atoms with van der Waals surface area (Å²) in [4.78, 5) is 0. The number of hydrogen-bond acceptors (Lipinski definition) is 0. The first-order chi connectivity index (χ1) is 17.1.